The van der Waals surface area contributed by atoms with Gasteiger partial charge >= 0.3 is 5.97 Å². The second-order valence-electron chi connectivity index (χ2n) is 6.08. The number of carboxylic acid groups (broad SMARTS) is 1. The first kappa shape index (κ1) is 22.0. The van der Waals surface area contributed by atoms with Crippen LogP contribution in [0.3, 0.4) is 0 Å². The Labute approximate surface area is 186 Å². The van der Waals surface area contributed by atoms with E-state index in [1.54, 1.807) is 30.3 Å². The standard InChI is InChI=1S/C20H16Cl2N2O5S/c1-10-12(21)4-3-5-14(10)23-20-24-19(27)16(30-20)8-11-6-13(22)18(15(7-11)28-2)29-9-17(25)26/h3-8H,9H2,1-2H3,(H,25,26)(H,23,24,27)/b16-8+. The van der Waals surface area contributed by atoms with Crippen molar-refractivity contribution in [2.75, 3.05) is 13.7 Å². The predicted molar refractivity (Wildman–Crippen MR) is 118 cm³/mol. The fourth-order valence-electron chi connectivity index (χ4n) is 2.56. The Morgan fingerprint density at radius 2 is 2.07 bits per heavy atom. The van der Waals surface area contributed by atoms with Gasteiger partial charge in [-0.3, -0.25) is 4.79 Å². The first-order valence-electron chi connectivity index (χ1n) is 8.55. The molecule has 2 aromatic carbocycles. The van der Waals surface area contributed by atoms with Crippen LogP contribution in [-0.4, -0.2) is 35.9 Å². The van der Waals surface area contributed by atoms with Gasteiger partial charge in [-0.15, -0.1) is 0 Å². The minimum atomic E-state index is -1.14. The maximum atomic E-state index is 12.4. The molecule has 0 saturated carbocycles. The number of carbonyl (C=O) groups is 2. The van der Waals surface area contributed by atoms with Gasteiger partial charge in [0.15, 0.2) is 23.3 Å². The molecule has 1 saturated heterocycles. The highest BCUT2D eigenvalue weighted by Crippen LogP contribution is 2.38. The lowest BCUT2D eigenvalue weighted by molar-refractivity contribution is -0.139. The van der Waals surface area contributed by atoms with E-state index in [-0.39, 0.29) is 22.4 Å². The van der Waals surface area contributed by atoms with E-state index in [9.17, 15) is 9.59 Å². The van der Waals surface area contributed by atoms with Crippen LogP contribution >= 0.6 is 35.0 Å². The van der Waals surface area contributed by atoms with Crippen molar-refractivity contribution in [3.63, 3.8) is 0 Å². The highest BCUT2D eigenvalue weighted by molar-refractivity contribution is 8.18. The van der Waals surface area contributed by atoms with Crippen molar-refractivity contribution in [1.29, 1.82) is 0 Å². The van der Waals surface area contributed by atoms with Gasteiger partial charge in [-0.05, 0) is 60.2 Å². The maximum Gasteiger partial charge on any atom is 0.341 e. The summed E-state index contributed by atoms with van der Waals surface area (Å²) in [6, 6.07) is 8.52. The van der Waals surface area contributed by atoms with Crippen LogP contribution in [0.25, 0.3) is 6.08 Å². The smallest absolute Gasteiger partial charge is 0.341 e. The Morgan fingerprint density at radius 3 is 2.77 bits per heavy atom. The molecule has 0 aromatic heterocycles. The lowest BCUT2D eigenvalue weighted by atomic mass is 10.2. The van der Waals surface area contributed by atoms with E-state index in [0.29, 0.717) is 26.3 Å². The maximum absolute atomic E-state index is 12.4. The van der Waals surface area contributed by atoms with Gasteiger partial charge in [0.05, 0.1) is 22.7 Å². The van der Waals surface area contributed by atoms with Crippen molar-refractivity contribution in [2.24, 2.45) is 4.99 Å². The van der Waals surface area contributed by atoms with Crippen LogP contribution in [0.2, 0.25) is 10.0 Å². The van der Waals surface area contributed by atoms with Gasteiger partial charge in [-0.1, -0.05) is 29.3 Å². The van der Waals surface area contributed by atoms with Crippen molar-refractivity contribution in [3.8, 4) is 11.5 Å². The average molecular weight is 467 g/mol. The van der Waals surface area contributed by atoms with Gasteiger partial charge in [0, 0.05) is 5.02 Å². The summed E-state index contributed by atoms with van der Waals surface area (Å²) < 4.78 is 10.4. The number of methoxy groups -OCH3 is 1. The molecule has 10 heteroatoms. The molecule has 1 fully saturated rings. The predicted octanol–water partition coefficient (Wildman–Crippen LogP) is 4.67. The summed E-state index contributed by atoms with van der Waals surface area (Å²) in [5.74, 6) is -1.08. The number of hydrogen-bond acceptors (Lipinski definition) is 6. The van der Waals surface area contributed by atoms with Crippen LogP contribution in [0.15, 0.2) is 40.2 Å². The van der Waals surface area contributed by atoms with E-state index in [1.807, 2.05) is 13.0 Å². The molecule has 7 nitrogen and oxygen atoms in total. The van der Waals surface area contributed by atoms with Gasteiger partial charge in [0.2, 0.25) is 0 Å². The number of aliphatic imine (C=N–C) groups is 1. The zero-order chi connectivity index (χ0) is 21.8. The van der Waals surface area contributed by atoms with Gasteiger partial charge in [-0.25, -0.2) is 9.79 Å². The normalized spacial score (nSPS) is 16.1. The molecular formula is C20H16Cl2N2O5S. The van der Waals surface area contributed by atoms with Crippen LogP contribution in [0, 0.1) is 6.92 Å². The van der Waals surface area contributed by atoms with Crippen molar-refractivity contribution < 1.29 is 24.2 Å². The number of amides is 1. The van der Waals surface area contributed by atoms with Crippen LogP contribution in [0.1, 0.15) is 11.1 Å². The molecule has 0 aliphatic carbocycles. The number of amidine groups is 1. The number of halogens is 2. The third-order valence-corrected chi connectivity index (χ3v) is 5.60. The topological polar surface area (TPSA) is 97.2 Å². The Hall–Kier alpha value is -2.68. The molecule has 3 rings (SSSR count). The lowest BCUT2D eigenvalue weighted by Gasteiger charge is -2.12. The number of thioether (sulfide) groups is 1. The third-order valence-electron chi connectivity index (χ3n) is 4.00. The van der Waals surface area contributed by atoms with Crippen molar-refractivity contribution in [1.82, 2.24) is 5.32 Å². The van der Waals surface area contributed by atoms with Crippen LogP contribution < -0.4 is 14.8 Å². The Bertz CT molecular complexity index is 1090. The SMILES string of the molecule is COc1cc(/C=C2/SC(=Nc3cccc(Cl)c3C)NC2=O)cc(Cl)c1OCC(=O)O. The number of nitrogens with zero attached hydrogens (tertiary/aromatic N) is 1. The molecular weight excluding hydrogens is 451 g/mol. The van der Waals surface area contributed by atoms with Gasteiger partial charge in [0.1, 0.15) is 0 Å². The van der Waals surface area contributed by atoms with Crippen molar-refractivity contribution in [2.45, 2.75) is 6.92 Å². The van der Waals surface area contributed by atoms with Crippen LogP contribution in [0.4, 0.5) is 5.69 Å². The van der Waals surface area contributed by atoms with E-state index in [1.165, 1.54) is 18.9 Å². The van der Waals surface area contributed by atoms with Gasteiger partial charge in [-0.2, -0.15) is 0 Å². The number of aliphatic carboxylic acids is 1. The number of benzene rings is 2. The molecule has 1 aliphatic rings. The number of carboxylic acids is 1. The molecule has 1 heterocycles. The zero-order valence-corrected chi connectivity index (χ0v) is 18.2. The molecule has 0 radical (unpaired) electrons. The Morgan fingerprint density at radius 1 is 1.30 bits per heavy atom. The average Bonchev–Trinajstić information content (AvgIpc) is 3.03. The van der Waals surface area contributed by atoms with E-state index in [2.05, 4.69) is 10.3 Å². The van der Waals surface area contributed by atoms with E-state index in [4.69, 9.17) is 37.8 Å². The summed E-state index contributed by atoms with van der Waals surface area (Å²) in [5, 5.41) is 12.7. The summed E-state index contributed by atoms with van der Waals surface area (Å²) >= 11 is 13.5. The number of nitrogens with one attached hydrogen (secondary N) is 1. The monoisotopic (exact) mass is 466 g/mol. The first-order chi connectivity index (χ1) is 14.3. The highest BCUT2D eigenvalue weighted by atomic mass is 35.5. The molecule has 1 amide bonds. The number of rotatable bonds is 6. The second kappa shape index (κ2) is 9.42. The quantitative estimate of drug-likeness (QED) is 0.600. The van der Waals surface area contributed by atoms with Gasteiger partial charge < -0.3 is 19.9 Å². The lowest BCUT2D eigenvalue weighted by Crippen LogP contribution is -2.19. The Balaban J connectivity index is 1.87. The number of hydrogen-bond donors (Lipinski definition) is 2. The largest absolute Gasteiger partial charge is 0.493 e. The minimum Gasteiger partial charge on any atom is -0.493 e. The van der Waals surface area contributed by atoms with Crippen LogP contribution in [-0.2, 0) is 9.59 Å². The van der Waals surface area contributed by atoms with E-state index >= 15 is 0 Å². The second-order valence-corrected chi connectivity index (χ2v) is 7.93. The Kier molecular flexibility index (Phi) is 6.91. The fraction of sp³-hybridized carbons (Fsp3) is 0.150. The number of ether oxygens (including phenoxy) is 2. The third kappa shape index (κ3) is 5.08. The molecule has 0 bridgehead atoms. The minimum absolute atomic E-state index is 0.117. The summed E-state index contributed by atoms with van der Waals surface area (Å²) in [6.45, 7) is 1.29. The molecule has 0 atom stereocenters. The fourth-order valence-corrected chi connectivity index (χ4v) is 3.83. The van der Waals surface area contributed by atoms with Gasteiger partial charge in [0.25, 0.3) is 5.91 Å². The molecule has 1 aliphatic heterocycles. The summed E-state index contributed by atoms with van der Waals surface area (Å²) in [5.41, 5.74) is 2.06. The summed E-state index contributed by atoms with van der Waals surface area (Å²) in [7, 11) is 1.41. The molecule has 156 valence electrons. The molecule has 0 spiro atoms. The molecule has 2 aromatic rings. The highest BCUT2D eigenvalue weighted by Gasteiger charge is 2.24. The first-order valence-corrected chi connectivity index (χ1v) is 10.1. The summed E-state index contributed by atoms with van der Waals surface area (Å²) in [4.78, 5) is 28.0. The van der Waals surface area contributed by atoms with E-state index < -0.39 is 12.6 Å². The van der Waals surface area contributed by atoms with E-state index in [0.717, 1.165) is 5.56 Å². The van der Waals surface area contributed by atoms with Crippen molar-refractivity contribution in [3.05, 3.63) is 56.4 Å². The summed E-state index contributed by atoms with van der Waals surface area (Å²) in [6.07, 6.45) is 1.63. The number of carbonyl (C=O) groups excluding carboxylic acids is 1. The van der Waals surface area contributed by atoms with Crippen LogP contribution in [0.5, 0.6) is 11.5 Å². The molecule has 30 heavy (non-hydrogen) atoms. The zero-order valence-electron chi connectivity index (χ0n) is 15.9. The molecule has 2 N–H and O–H groups in total. The van der Waals surface area contributed by atoms with Crippen molar-refractivity contribution >= 4 is 63.8 Å². The molecule has 0 unspecified atom stereocenters.